The van der Waals surface area contributed by atoms with Gasteiger partial charge in [-0.3, -0.25) is 4.79 Å². The third-order valence-electron chi connectivity index (χ3n) is 4.60. The highest BCUT2D eigenvalue weighted by atomic mass is 19.1. The molecular formula is C18H21F2NO6. The van der Waals surface area contributed by atoms with Crippen LogP contribution in [0.3, 0.4) is 0 Å². The van der Waals surface area contributed by atoms with Crippen LogP contribution >= 0.6 is 0 Å². The molecule has 0 saturated carbocycles. The fourth-order valence-electron chi connectivity index (χ4n) is 3.62. The van der Waals surface area contributed by atoms with Gasteiger partial charge in [0.1, 0.15) is 29.9 Å². The van der Waals surface area contributed by atoms with Crippen molar-refractivity contribution >= 4 is 11.6 Å². The Bertz CT molecular complexity index is 770. The van der Waals surface area contributed by atoms with Crippen LogP contribution in [0.4, 0.5) is 14.5 Å². The molecule has 27 heavy (non-hydrogen) atoms. The Balaban J connectivity index is 1.59. The Morgan fingerprint density at radius 3 is 2.30 bits per heavy atom. The van der Waals surface area contributed by atoms with E-state index in [-0.39, 0.29) is 5.69 Å². The van der Waals surface area contributed by atoms with Gasteiger partial charge in [0.05, 0.1) is 5.69 Å². The SMILES string of the molecule is CC1(C)O[C@@H]2O[C@H](C(=O)Nc3ccc(F)cc3F)[C@@H]3OC(C)(C)O[C@@H]3[C@@H]2O1. The normalized spacial score (nSPS) is 36.1. The van der Waals surface area contributed by atoms with E-state index in [1.54, 1.807) is 27.7 Å². The summed E-state index contributed by atoms with van der Waals surface area (Å²) in [6.45, 7) is 6.90. The maximum atomic E-state index is 13.9. The molecule has 0 bridgehead atoms. The largest absolute Gasteiger partial charge is 0.342 e. The lowest BCUT2D eigenvalue weighted by molar-refractivity contribution is -0.229. The maximum absolute atomic E-state index is 13.9. The van der Waals surface area contributed by atoms with Crippen molar-refractivity contribution in [2.75, 3.05) is 5.32 Å². The molecule has 0 spiro atoms. The van der Waals surface area contributed by atoms with Gasteiger partial charge in [0.25, 0.3) is 5.91 Å². The van der Waals surface area contributed by atoms with E-state index in [0.29, 0.717) is 6.07 Å². The molecule has 0 radical (unpaired) electrons. The van der Waals surface area contributed by atoms with Gasteiger partial charge in [-0.2, -0.15) is 0 Å². The summed E-state index contributed by atoms with van der Waals surface area (Å²) in [6.07, 6.45) is -3.91. The molecule has 7 nitrogen and oxygen atoms in total. The first kappa shape index (κ1) is 18.7. The Kier molecular flexibility index (Phi) is 4.28. The summed E-state index contributed by atoms with van der Waals surface area (Å²) in [5.74, 6) is -4.15. The van der Waals surface area contributed by atoms with Gasteiger partial charge in [-0.1, -0.05) is 0 Å². The molecule has 3 saturated heterocycles. The van der Waals surface area contributed by atoms with Gasteiger partial charge in [0.2, 0.25) is 0 Å². The number of nitrogens with one attached hydrogen (secondary N) is 1. The molecule has 4 rings (SSSR count). The number of halogens is 2. The summed E-state index contributed by atoms with van der Waals surface area (Å²) in [7, 11) is 0. The van der Waals surface area contributed by atoms with Crippen LogP contribution in [-0.2, 0) is 28.5 Å². The van der Waals surface area contributed by atoms with E-state index in [9.17, 15) is 13.6 Å². The predicted octanol–water partition coefficient (Wildman–Crippen LogP) is 2.30. The van der Waals surface area contributed by atoms with Crippen LogP contribution in [0.15, 0.2) is 18.2 Å². The first-order valence-electron chi connectivity index (χ1n) is 8.67. The molecule has 3 fully saturated rings. The molecule has 1 aromatic carbocycles. The summed E-state index contributed by atoms with van der Waals surface area (Å²) in [5, 5.41) is 2.41. The molecule has 3 heterocycles. The summed E-state index contributed by atoms with van der Waals surface area (Å²) in [6, 6.07) is 2.87. The minimum absolute atomic E-state index is 0.161. The van der Waals surface area contributed by atoms with E-state index < -0.39 is 59.8 Å². The van der Waals surface area contributed by atoms with Crippen LogP contribution in [0.25, 0.3) is 0 Å². The van der Waals surface area contributed by atoms with Crippen molar-refractivity contribution in [1.82, 2.24) is 0 Å². The van der Waals surface area contributed by atoms with Crippen molar-refractivity contribution < 1.29 is 37.3 Å². The lowest BCUT2D eigenvalue weighted by Crippen LogP contribution is -2.58. The molecule has 0 aliphatic carbocycles. The Hall–Kier alpha value is -1.65. The van der Waals surface area contributed by atoms with Crippen molar-refractivity contribution in [2.24, 2.45) is 0 Å². The molecule has 148 valence electrons. The number of carbonyl (C=O) groups is 1. The molecule has 3 aliphatic rings. The molecule has 1 N–H and O–H groups in total. The number of carbonyl (C=O) groups excluding carboxylic acids is 1. The number of benzene rings is 1. The minimum Gasteiger partial charge on any atom is -0.342 e. The fourth-order valence-corrected chi connectivity index (χ4v) is 3.62. The zero-order valence-corrected chi connectivity index (χ0v) is 15.3. The fraction of sp³-hybridized carbons (Fsp3) is 0.611. The van der Waals surface area contributed by atoms with Gasteiger partial charge in [0, 0.05) is 6.07 Å². The first-order valence-corrected chi connectivity index (χ1v) is 8.67. The topological polar surface area (TPSA) is 75.3 Å². The van der Waals surface area contributed by atoms with Crippen LogP contribution in [0.5, 0.6) is 0 Å². The van der Waals surface area contributed by atoms with Gasteiger partial charge in [-0.05, 0) is 39.8 Å². The zero-order chi connectivity index (χ0) is 19.6. The summed E-state index contributed by atoms with van der Waals surface area (Å²) < 4.78 is 56.1. The summed E-state index contributed by atoms with van der Waals surface area (Å²) in [4.78, 5) is 12.8. The van der Waals surface area contributed by atoms with Gasteiger partial charge in [0.15, 0.2) is 24.0 Å². The lowest BCUT2D eigenvalue weighted by Gasteiger charge is -2.36. The van der Waals surface area contributed by atoms with E-state index in [4.69, 9.17) is 23.7 Å². The van der Waals surface area contributed by atoms with Crippen LogP contribution in [0.1, 0.15) is 27.7 Å². The van der Waals surface area contributed by atoms with Crippen LogP contribution < -0.4 is 5.32 Å². The predicted molar refractivity (Wildman–Crippen MR) is 87.5 cm³/mol. The number of rotatable bonds is 2. The second kappa shape index (κ2) is 6.18. The monoisotopic (exact) mass is 385 g/mol. The average molecular weight is 385 g/mol. The number of hydrogen-bond acceptors (Lipinski definition) is 6. The van der Waals surface area contributed by atoms with E-state index in [2.05, 4.69) is 5.32 Å². The molecule has 1 amide bonds. The van der Waals surface area contributed by atoms with Gasteiger partial charge < -0.3 is 29.0 Å². The lowest BCUT2D eigenvalue weighted by atomic mass is 9.98. The average Bonchev–Trinajstić information content (AvgIpc) is 3.03. The molecule has 0 unspecified atom stereocenters. The molecular weight excluding hydrogens is 364 g/mol. The summed E-state index contributed by atoms with van der Waals surface area (Å²) >= 11 is 0. The molecule has 3 aliphatic heterocycles. The number of amides is 1. The Morgan fingerprint density at radius 1 is 0.963 bits per heavy atom. The second-order valence-electron chi connectivity index (χ2n) is 7.70. The maximum Gasteiger partial charge on any atom is 0.256 e. The van der Waals surface area contributed by atoms with Gasteiger partial charge in [-0.25, -0.2) is 8.78 Å². The van der Waals surface area contributed by atoms with E-state index in [1.165, 1.54) is 0 Å². The van der Waals surface area contributed by atoms with E-state index in [0.717, 1.165) is 12.1 Å². The molecule has 1 aromatic rings. The van der Waals surface area contributed by atoms with E-state index in [1.807, 2.05) is 0 Å². The summed E-state index contributed by atoms with van der Waals surface area (Å²) in [5.41, 5.74) is -0.161. The van der Waals surface area contributed by atoms with Crippen LogP contribution in [0.2, 0.25) is 0 Å². The van der Waals surface area contributed by atoms with Gasteiger partial charge in [-0.15, -0.1) is 0 Å². The molecule has 5 atom stereocenters. The van der Waals surface area contributed by atoms with Crippen molar-refractivity contribution in [3.8, 4) is 0 Å². The standard InChI is InChI=1S/C18H21F2NO6/c1-17(2)24-11-12(25-17)14-16(27-18(3,4)26-14)23-13(11)15(22)21-10-6-5-8(19)7-9(10)20/h5-7,11-14,16H,1-4H3,(H,21,22)/t11-,12+,13+,14+,16+/m1/s1. The molecule has 9 heteroatoms. The number of fused-ring (bicyclic) bond motifs is 3. The van der Waals surface area contributed by atoms with Crippen molar-refractivity contribution in [1.29, 1.82) is 0 Å². The highest BCUT2D eigenvalue weighted by Crippen LogP contribution is 2.44. The van der Waals surface area contributed by atoms with Crippen LogP contribution in [0, 0.1) is 11.6 Å². The quantitative estimate of drug-likeness (QED) is 0.842. The minimum atomic E-state index is -1.13. The van der Waals surface area contributed by atoms with Crippen molar-refractivity contribution in [3.05, 3.63) is 29.8 Å². The highest BCUT2D eigenvalue weighted by Gasteiger charge is 2.62. The van der Waals surface area contributed by atoms with Crippen molar-refractivity contribution in [3.63, 3.8) is 0 Å². The second-order valence-corrected chi connectivity index (χ2v) is 7.70. The third kappa shape index (κ3) is 3.45. The van der Waals surface area contributed by atoms with E-state index >= 15 is 0 Å². The molecule has 0 aromatic heterocycles. The van der Waals surface area contributed by atoms with Crippen LogP contribution in [-0.4, -0.2) is 48.2 Å². The number of ether oxygens (including phenoxy) is 5. The zero-order valence-electron chi connectivity index (χ0n) is 15.3. The number of hydrogen-bond donors (Lipinski definition) is 1. The smallest absolute Gasteiger partial charge is 0.256 e. The van der Waals surface area contributed by atoms with Crippen molar-refractivity contribution in [2.45, 2.75) is 70.0 Å². The highest BCUT2D eigenvalue weighted by molar-refractivity contribution is 5.95. The number of anilines is 1. The Labute approximate surface area is 154 Å². The first-order chi connectivity index (χ1) is 12.5. The van der Waals surface area contributed by atoms with Gasteiger partial charge >= 0.3 is 0 Å². The third-order valence-corrected chi connectivity index (χ3v) is 4.60. The Morgan fingerprint density at radius 2 is 1.59 bits per heavy atom.